The normalized spacial score (nSPS) is 12.2. The van der Waals surface area contributed by atoms with Crippen molar-refractivity contribution in [2.24, 2.45) is 0 Å². The van der Waals surface area contributed by atoms with E-state index in [1.807, 2.05) is 50.5 Å². The summed E-state index contributed by atoms with van der Waals surface area (Å²) in [7, 11) is 4.00. The van der Waals surface area contributed by atoms with Crippen LogP contribution in [0.3, 0.4) is 0 Å². The molecule has 1 atom stereocenters. The predicted octanol–water partition coefficient (Wildman–Crippen LogP) is 4.73. The molecule has 1 amide bonds. The van der Waals surface area contributed by atoms with Crippen LogP contribution in [0.25, 0.3) is 11.1 Å². The molecular formula is C19H22Cl2N2O. The van der Waals surface area contributed by atoms with Gasteiger partial charge in [-0.2, -0.15) is 0 Å². The van der Waals surface area contributed by atoms with Gasteiger partial charge in [0.2, 0.25) is 0 Å². The van der Waals surface area contributed by atoms with E-state index in [0.29, 0.717) is 15.6 Å². The molecule has 1 N–H and O–H groups in total. The second-order valence-electron chi connectivity index (χ2n) is 6.02. The lowest BCUT2D eigenvalue weighted by molar-refractivity contribution is 0.0929. The summed E-state index contributed by atoms with van der Waals surface area (Å²) in [6.45, 7) is 2.89. The number of amides is 1. The van der Waals surface area contributed by atoms with Gasteiger partial charge in [0.15, 0.2) is 0 Å². The molecule has 2 aromatic carbocycles. The van der Waals surface area contributed by atoms with Gasteiger partial charge in [0, 0.05) is 23.7 Å². The number of rotatable bonds is 6. The number of likely N-dealkylation sites (N-methyl/N-ethyl adjacent to an activating group) is 1. The van der Waals surface area contributed by atoms with Gasteiger partial charge in [-0.3, -0.25) is 4.79 Å². The Hall–Kier alpha value is -1.55. The van der Waals surface area contributed by atoms with E-state index in [1.165, 1.54) is 0 Å². The number of halogens is 2. The maximum Gasteiger partial charge on any atom is 0.251 e. The summed E-state index contributed by atoms with van der Waals surface area (Å²) < 4.78 is 0. The van der Waals surface area contributed by atoms with E-state index in [4.69, 9.17) is 23.2 Å². The highest BCUT2D eigenvalue weighted by Gasteiger charge is 2.13. The van der Waals surface area contributed by atoms with E-state index in [9.17, 15) is 4.79 Å². The van der Waals surface area contributed by atoms with Crippen LogP contribution in [-0.4, -0.2) is 37.5 Å². The van der Waals surface area contributed by atoms with E-state index in [2.05, 4.69) is 17.1 Å². The number of hydrogen-bond acceptors (Lipinski definition) is 2. The van der Waals surface area contributed by atoms with Crippen molar-refractivity contribution in [1.82, 2.24) is 10.2 Å². The highest BCUT2D eigenvalue weighted by atomic mass is 35.5. The zero-order chi connectivity index (χ0) is 17.7. The summed E-state index contributed by atoms with van der Waals surface area (Å²) >= 11 is 12.3. The molecule has 0 spiro atoms. The van der Waals surface area contributed by atoms with Crippen LogP contribution in [0.5, 0.6) is 0 Å². The zero-order valence-corrected chi connectivity index (χ0v) is 15.7. The van der Waals surface area contributed by atoms with Crippen molar-refractivity contribution < 1.29 is 4.79 Å². The van der Waals surface area contributed by atoms with Crippen LogP contribution in [0, 0.1) is 0 Å². The second-order valence-corrected chi connectivity index (χ2v) is 6.80. The van der Waals surface area contributed by atoms with Crippen molar-refractivity contribution in [3.63, 3.8) is 0 Å². The first kappa shape index (κ1) is 18.8. The van der Waals surface area contributed by atoms with Crippen LogP contribution in [0.2, 0.25) is 10.0 Å². The summed E-state index contributed by atoms with van der Waals surface area (Å²) in [5, 5.41) is 4.11. The Morgan fingerprint density at radius 1 is 1.12 bits per heavy atom. The number of nitrogens with one attached hydrogen (secondary N) is 1. The highest BCUT2D eigenvalue weighted by Crippen LogP contribution is 2.33. The molecule has 2 rings (SSSR count). The molecule has 5 heteroatoms. The number of hydrogen-bond donors (Lipinski definition) is 1. The Morgan fingerprint density at radius 3 is 2.38 bits per heavy atom. The molecule has 0 heterocycles. The fourth-order valence-corrected chi connectivity index (χ4v) is 2.92. The molecule has 2 aromatic rings. The number of nitrogens with zero attached hydrogens (tertiary/aromatic N) is 1. The van der Waals surface area contributed by atoms with Gasteiger partial charge < -0.3 is 10.2 Å². The number of carbonyl (C=O) groups is 1. The summed E-state index contributed by atoms with van der Waals surface area (Å²) in [6, 6.07) is 13.1. The minimum atomic E-state index is -0.0626. The third-order valence-electron chi connectivity index (χ3n) is 3.82. The summed E-state index contributed by atoms with van der Waals surface area (Å²) in [6.07, 6.45) is 0.889. The maximum atomic E-state index is 12.4. The molecule has 0 bridgehead atoms. The van der Waals surface area contributed by atoms with Crippen molar-refractivity contribution in [2.75, 3.05) is 20.6 Å². The van der Waals surface area contributed by atoms with Crippen LogP contribution >= 0.6 is 23.2 Å². The van der Waals surface area contributed by atoms with E-state index in [1.54, 1.807) is 6.07 Å². The average Bonchev–Trinajstić information content (AvgIpc) is 2.56. The largest absolute Gasteiger partial charge is 0.348 e. The third kappa shape index (κ3) is 4.73. The van der Waals surface area contributed by atoms with Crippen LogP contribution in [-0.2, 0) is 0 Å². The van der Waals surface area contributed by atoms with E-state index in [-0.39, 0.29) is 11.9 Å². The van der Waals surface area contributed by atoms with Crippen LogP contribution < -0.4 is 5.32 Å². The van der Waals surface area contributed by atoms with Crippen molar-refractivity contribution in [2.45, 2.75) is 19.4 Å². The zero-order valence-electron chi connectivity index (χ0n) is 14.1. The summed E-state index contributed by atoms with van der Waals surface area (Å²) in [5.41, 5.74) is 2.42. The summed E-state index contributed by atoms with van der Waals surface area (Å²) in [5.74, 6) is -0.0626. The lowest BCUT2D eigenvalue weighted by Crippen LogP contribution is -2.41. The fraction of sp³-hybridized carbons (Fsp3) is 0.316. The molecule has 0 unspecified atom stereocenters. The number of carbonyl (C=O) groups excluding carboxylic acids is 1. The lowest BCUT2D eigenvalue weighted by atomic mass is 10.0. The van der Waals surface area contributed by atoms with Crippen LogP contribution in [0.1, 0.15) is 23.7 Å². The van der Waals surface area contributed by atoms with E-state index < -0.39 is 0 Å². The molecule has 0 aromatic heterocycles. The molecule has 0 aliphatic carbocycles. The topological polar surface area (TPSA) is 32.3 Å². The van der Waals surface area contributed by atoms with Gasteiger partial charge in [-0.05, 0) is 44.3 Å². The first-order valence-electron chi connectivity index (χ1n) is 7.92. The van der Waals surface area contributed by atoms with Crippen molar-refractivity contribution >= 4 is 29.1 Å². The van der Waals surface area contributed by atoms with Gasteiger partial charge >= 0.3 is 0 Å². The molecule has 0 radical (unpaired) electrons. The van der Waals surface area contributed by atoms with Crippen LogP contribution in [0.15, 0.2) is 42.5 Å². The molecule has 0 aliphatic heterocycles. The Balaban J connectivity index is 2.14. The third-order valence-corrected chi connectivity index (χ3v) is 4.64. The molecule has 0 saturated carbocycles. The van der Waals surface area contributed by atoms with E-state index in [0.717, 1.165) is 24.1 Å². The minimum absolute atomic E-state index is 0.0626. The predicted molar refractivity (Wildman–Crippen MR) is 102 cm³/mol. The number of benzene rings is 2. The lowest BCUT2D eigenvalue weighted by Gasteiger charge is -2.21. The van der Waals surface area contributed by atoms with Gasteiger partial charge in [-0.15, -0.1) is 0 Å². The highest BCUT2D eigenvalue weighted by molar-refractivity contribution is 6.43. The van der Waals surface area contributed by atoms with Gasteiger partial charge in [0.1, 0.15) is 0 Å². The van der Waals surface area contributed by atoms with E-state index >= 15 is 0 Å². The van der Waals surface area contributed by atoms with Crippen molar-refractivity contribution in [1.29, 1.82) is 0 Å². The molecule has 3 nitrogen and oxygen atoms in total. The van der Waals surface area contributed by atoms with Gasteiger partial charge in [0.25, 0.3) is 5.91 Å². The molecular weight excluding hydrogens is 343 g/mol. The van der Waals surface area contributed by atoms with Gasteiger partial charge in [-0.1, -0.05) is 54.4 Å². The molecule has 24 heavy (non-hydrogen) atoms. The first-order valence-corrected chi connectivity index (χ1v) is 8.68. The first-order chi connectivity index (χ1) is 11.4. The smallest absolute Gasteiger partial charge is 0.251 e. The maximum absolute atomic E-state index is 12.4. The Bertz CT molecular complexity index is 699. The molecule has 0 saturated heterocycles. The van der Waals surface area contributed by atoms with Gasteiger partial charge in [0.05, 0.1) is 10.0 Å². The molecule has 128 valence electrons. The standard InChI is InChI=1S/C19H22Cl2N2O/c1-4-15(12-23(2)3)22-19(24)14-10-8-13(9-11-14)16-6-5-7-17(20)18(16)21/h5-11,15H,4,12H2,1-3H3,(H,22,24)/t15-/m0/s1. The Morgan fingerprint density at radius 2 is 1.79 bits per heavy atom. The Labute approximate surface area is 153 Å². The summed E-state index contributed by atoms with van der Waals surface area (Å²) in [4.78, 5) is 14.5. The fourth-order valence-electron chi connectivity index (χ4n) is 2.51. The van der Waals surface area contributed by atoms with Crippen LogP contribution in [0.4, 0.5) is 0 Å². The minimum Gasteiger partial charge on any atom is -0.348 e. The monoisotopic (exact) mass is 364 g/mol. The van der Waals surface area contributed by atoms with Gasteiger partial charge in [-0.25, -0.2) is 0 Å². The quantitative estimate of drug-likeness (QED) is 0.803. The van der Waals surface area contributed by atoms with Crippen molar-refractivity contribution in [3.05, 3.63) is 58.1 Å². The molecule has 0 fully saturated rings. The second kappa shape index (κ2) is 8.52. The molecule has 0 aliphatic rings. The SMILES string of the molecule is CC[C@@H](CN(C)C)NC(=O)c1ccc(-c2cccc(Cl)c2Cl)cc1. The van der Waals surface area contributed by atoms with Crippen molar-refractivity contribution in [3.8, 4) is 11.1 Å². The average molecular weight is 365 g/mol. The Kier molecular flexibility index (Phi) is 6.67.